The quantitative estimate of drug-likeness (QED) is 0.778. The van der Waals surface area contributed by atoms with Crippen LogP contribution < -0.4 is 9.47 Å². The van der Waals surface area contributed by atoms with Crippen molar-refractivity contribution in [1.29, 1.82) is 0 Å². The third-order valence-electron chi connectivity index (χ3n) is 3.06. The number of hydrogen-bond acceptors (Lipinski definition) is 5. The predicted octanol–water partition coefficient (Wildman–Crippen LogP) is 2.30. The summed E-state index contributed by atoms with van der Waals surface area (Å²) in [4.78, 5) is 15.3. The molecule has 0 radical (unpaired) electrons. The van der Waals surface area contributed by atoms with Gasteiger partial charge in [0.25, 0.3) is 5.88 Å². The fourth-order valence-corrected chi connectivity index (χ4v) is 2.01. The van der Waals surface area contributed by atoms with E-state index in [0.717, 1.165) is 0 Å². The first-order valence-electron chi connectivity index (χ1n) is 6.09. The topological polar surface area (TPSA) is 57.7 Å². The number of ether oxygens (including phenoxy) is 3. The Hall–Kier alpha value is -1.92. The Morgan fingerprint density at radius 2 is 2.10 bits per heavy atom. The Kier molecular flexibility index (Phi) is 4.06. The number of pyridine rings is 1. The molecule has 5 nitrogen and oxygen atoms in total. The summed E-state index contributed by atoms with van der Waals surface area (Å²) < 4.78 is 40.4. The smallest absolute Gasteiger partial charge is 0.356 e. The number of carbonyl (C=O) groups excluding carboxylic acids is 1. The molecule has 0 N–H and O–H groups in total. The van der Waals surface area contributed by atoms with E-state index in [1.165, 1.54) is 26.4 Å². The van der Waals surface area contributed by atoms with Crippen molar-refractivity contribution in [3.05, 3.63) is 17.8 Å². The summed E-state index contributed by atoms with van der Waals surface area (Å²) in [5.41, 5.74) is 0.0897. The lowest BCUT2D eigenvalue weighted by molar-refractivity contribution is -0.119. The van der Waals surface area contributed by atoms with Crippen LogP contribution in [-0.4, -0.2) is 37.7 Å². The normalized spacial score (nSPS) is 17.2. The predicted molar refractivity (Wildman–Crippen MR) is 65.3 cm³/mol. The number of rotatable bonds is 5. The van der Waals surface area contributed by atoms with Crippen LogP contribution in [0.3, 0.4) is 0 Å². The molecule has 1 heterocycles. The molecule has 1 aliphatic carbocycles. The molecule has 1 aromatic rings. The fourth-order valence-electron chi connectivity index (χ4n) is 2.01. The highest BCUT2D eigenvalue weighted by atomic mass is 19.3. The number of carbonyl (C=O) groups is 1. The SMILES string of the molecule is COC(=O)c1ccc(OCC2CC(F)(F)C2)c(OC)n1. The minimum absolute atomic E-state index is 0.0897. The van der Waals surface area contributed by atoms with Gasteiger partial charge in [-0.1, -0.05) is 0 Å². The Bertz CT molecular complexity index is 499. The van der Waals surface area contributed by atoms with Crippen LogP contribution in [0.15, 0.2) is 12.1 Å². The van der Waals surface area contributed by atoms with Crippen molar-refractivity contribution in [2.45, 2.75) is 18.8 Å². The van der Waals surface area contributed by atoms with Gasteiger partial charge in [-0.25, -0.2) is 18.6 Å². The van der Waals surface area contributed by atoms with Crippen LogP contribution in [0.25, 0.3) is 0 Å². The number of aromatic nitrogens is 1. The average molecular weight is 287 g/mol. The van der Waals surface area contributed by atoms with Gasteiger partial charge in [-0.3, -0.25) is 0 Å². The Balaban J connectivity index is 1.99. The van der Waals surface area contributed by atoms with Crippen LogP contribution in [0.5, 0.6) is 11.6 Å². The van der Waals surface area contributed by atoms with Gasteiger partial charge in [0.2, 0.25) is 5.92 Å². The Morgan fingerprint density at radius 1 is 1.40 bits per heavy atom. The van der Waals surface area contributed by atoms with Gasteiger partial charge in [-0.15, -0.1) is 0 Å². The number of nitrogens with zero attached hydrogens (tertiary/aromatic N) is 1. The minimum atomic E-state index is -2.56. The molecule has 0 aliphatic heterocycles. The Morgan fingerprint density at radius 3 is 2.65 bits per heavy atom. The molecule has 1 saturated carbocycles. The van der Waals surface area contributed by atoms with Crippen LogP contribution in [0.1, 0.15) is 23.3 Å². The minimum Gasteiger partial charge on any atom is -0.488 e. The van der Waals surface area contributed by atoms with Gasteiger partial charge >= 0.3 is 5.97 Å². The van der Waals surface area contributed by atoms with E-state index in [1.807, 2.05) is 0 Å². The summed E-state index contributed by atoms with van der Waals surface area (Å²) in [6.07, 6.45) is -0.327. The molecule has 0 saturated heterocycles. The van der Waals surface area contributed by atoms with E-state index in [4.69, 9.17) is 9.47 Å². The molecule has 0 atom stereocenters. The maximum atomic E-state index is 12.7. The van der Waals surface area contributed by atoms with Crippen molar-refractivity contribution < 1.29 is 27.8 Å². The summed E-state index contributed by atoms with van der Waals surface area (Å²) in [6, 6.07) is 2.94. The summed E-state index contributed by atoms with van der Waals surface area (Å²) in [6.45, 7) is 0.172. The van der Waals surface area contributed by atoms with Crippen LogP contribution in [-0.2, 0) is 4.74 Å². The molecule has 2 rings (SSSR count). The number of methoxy groups -OCH3 is 2. The number of alkyl halides is 2. The zero-order valence-corrected chi connectivity index (χ0v) is 11.2. The van der Waals surface area contributed by atoms with E-state index < -0.39 is 11.9 Å². The fraction of sp³-hybridized carbons (Fsp3) is 0.538. The molecule has 0 aromatic carbocycles. The van der Waals surface area contributed by atoms with Gasteiger partial charge in [0.05, 0.1) is 20.8 Å². The van der Waals surface area contributed by atoms with E-state index >= 15 is 0 Å². The highest BCUT2D eigenvalue weighted by Crippen LogP contribution is 2.42. The second kappa shape index (κ2) is 5.60. The van der Waals surface area contributed by atoms with E-state index in [2.05, 4.69) is 9.72 Å². The number of halogens is 2. The molecule has 20 heavy (non-hydrogen) atoms. The van der Waals surface area contributed by atoms with E-state index in [9.17, 15) is 13.6 Å². The van der Waals surface area contributed by atoms with Crippen LogP contribution in [0, 0.1) is 5.92 Å². The lowest BCUT2D eigenvalue weighted by Gasteiger charge is -2.34. The molecule has 0 bridgehead atoms. The Labute approximate surface area is 114 Å². The first kappa shape index (κ1) is 14.5. The van der Waals surface area contributed by atoms with E-state index in [0.29, 0.717) is 5.75 Å². The second-order valence-corrected chi connectivity index (χ2v) is 4.64. The summed E-state index contributed by atoms with van der Waals surface area (Å²) in [5, 5.41) is 0. The third-order valence-corrected chi connectivity index (χ3v) is 3.06. The van der Waals surface area contributed by atoms with Crippen LogP contribution in [0.4, 0.5) is 8.78 Å². The third kappa shape index (κ3) is 3.15. The molecule has 0 amide bonds. The van der Waals surface area contributed by atoms with Crippen molar-refractivity contribution in [2.75, 3.05) is 20.8 Å². The van der Waals surface area contributed by atoms with Gasteiger partial charge < -0.3 is 14.2 Å². The average Bonchev–Trinajstić information content (AvgIpc) is 2.41. The van der Waals surface area contributed by atoms with Crippen molar-refractivity contribution in [2.24, 2.45) is 5.92 Å². The van der Waals surface area contributed by atoms with E-state index in [1.54, 1.807) is 0 Å². The first-order chi connectivity index (χ1) is 9.45. The van der Waals surface area contributed by atoms with Gasteiger partial charge in [-0.05, 0) is 12.1 Å². The lowest BCUT2D eigenvalue weighted by atomic mass is 9.82. The van der Waals surface area contributed by atoms with Crippen molar-refractivity contribution >= 4 is 5.97 Å². The number of esters is 1. The molecular formula is C13H15F2NO4. The van der Waals surface area contributed by atoms with Gasteiger partial charge in [0.15, 0.2) is 11.4 Å². The molecule has 1 fully saturated rings. The van der Waals surface area contributed by atoms with E-state index in [-0.39, 0.29) is 36.9 Å². The zero-order valence-electron chi connectivity index (χ0n) is 11.2. The molecule has 110 valence electrons. The van der Waals surface area contributed by atoms with Gasteiger partial charge in [0.1, 0.15) is 0 Å². The lowest BCUT2D eigenvalue weighted by Crippen LogP contribution is -2.38. The monoisotopic (exact) mass is 287 g/mol. The van der Waals surface area contributed by atoms with Crippen LogP contribution >= 0.6 is 0 Å². The molecular weight excluding hydrogens is 272 g/mol. The second-order valence-electron chi connectivity index (χ2n) is 4.64. The molecule has 1 aliphatic rings. The highest BCUT2D eigenvalue weighted by molar-refractivity contribution is 5.87. The zero-order chi connectivity index (χ0) is 14.8. The van der Waals surface area contributed by atoms with Crippen molar-refractivity contribution in [3.8, 4) is 11.6 Å². The van der Waals surface area contributed by atoms with Crippen LogP contribution in [0.2, 0.25) is 0 Å². The summed E-state index contributed by atoms with van der Waals surface area (Å²) in [7, 11) is 2.63. The van der Waals surface area contributed by atoms with Gasteiger partial charge in [0, 0.05) is 18.8 Å². The first-order valence-corrected chi connectivity index (χ1v) is 6.09. The van der Waals surface area contributed by atoms with Crippen molar-refractivity contribution in [3.63, 3.8) is 0 Å². The largest absolute Gasteiger partial charge is 0.488 e. The highest BCUT2D eigenvalue weighted by Gasteiger charge is 2.45. The summed E-state index contributed by atoms with van der Waals surface area (Å²) >= 11 is 0. The molecule has 1 aromatic heterocycles. The molecule has 0 unspecified atom stereocenters. The van der Waals surface area contributed by atoms with Crippen molar-refractivity contribution in [1.82, 2.24) is 4.98 Å². The number of hydrogen-bond donors (Lipinski definition) is 0. The standard InChI is InChI=1S/C13H15F2NO4/c1-18-11-10(4-3-9(16-11)12(17)19-2)20-7-8-5-13(14,15)6-8/h3-4,8H,5-7H2,1-2H3. The van der Waals surface area contributed by atoms with Gasteiger partial charge in [-0.2, -0.15) is 0 Å². The maximum absolute atomic E-state index is 12.7. The maximum Gasteiger partial charge on any atom is 0.356 e. The molecule has 7 heteroatoms. The summed E-state index contributed by atoms with van der Waals surface area (Å²) in [5.74, 6) is -2.89. The molecule has 0 spiro atoms.